The molecule has 4 rings (SSSR count). The van der Waals surface area contributed by atoms with E-state index in [4.69, 9.17) is 42.9 Å². The van der Waals surface area contributed by atoms with Gasteiger partial charge in [0.25, 0.3) is 5.91 Å². The van der Waals surface area contributed by atoms with Gasteiger partial charge in [0.2, 0.25) is 0 Å². The van der Waals surface area contributed by atoms with Crippen LogP contribution in [0.5, 0.6) is 0 Å². The first kappa shape index (κ1) is 38.6. The highest BCUT2D eigenvalue weighted by Crippen LogP contribution is 2.40. The second-order valence-corrected chi connectivity index (χ2v) is 13.9. The van der Waals surface area contributed by atoms with E-state index >= 15 is 0 Å². The Morgan fingerprint density at radius 3 is 2.54 bits per heavy atom. The van der Waals surface area contributed by atoms with Crippen LogP contribution in [0.1, 0.15) is 39.0 Å². The summed E-state index contributed by atoms with van der Waals surface area (Å²) in [5, 5.41) is 64.2. The van der Waals surface area contributed by atoms with E-state index < -0.39 is 77.8 Å². The molecule has 12 atom stereocenters. The second kappa shape index (κ2) is 16.2. The van der Waals surface area contributed by atoms with E-state index in [2.05, 4.69) is 20.9 Å². The van der Waals surface area contributed by atoms with Crippen molar-refractivity contribution in [3.63, 3.8) is 0 Å². The van der Waals surface area contributed by atoms with Crippen molar-refractivity contribution in [3.05, 3.63) is 11.8 Å². The monoisotopic (exact) mass is 687 g/mol. The van der Waals surface area contributed by atoms with Crippen molar-refractivity contribution in [3.8, 4) is 0 Å². The van der Waals surface area contributed by atoms with Gasteiger partial charge in [0, 0.05) is 49.9 Å². The smallest absolute Gasteiger partial charge is 0.252 e. The summed E-state index contributed by atoms with van der Waals surface area (Å²) >= 11 is 0. The van der Waals surface area contributed by atoms with Gasteiger partial charge in [-0.25, -0.2) is 0 Å². The molecule has 1 saturated heterocycles. The average molecular weight is 688 g/mol. The van der Waals surface area contributed by atoms with Crippen LogP contribution >= 0.6 is 0 Å². The summed E-state index contributed by atoms with van der Waals surface area (Å²) < 4.78 is 18.4. The third-order valence-corrected chi connectivity index (χ3v) is 10.1. The summed E-state index contributed by atoms with van der Waals surface area (Å²) in [5.74, 6) is -1.53. The Morgan fingerprint density at radius 1 is 1.21 bits per heavy atom. The lowest BCUT2D eigenvalue weighted by atomic mass is 9.70. The standard InChI is InChI=1S/C30H57N9O9/c1-29(44)13-46-26(22(42)25(29)36-2)48-23-14(11-38-27(43)30(45)8-15(9-30)39-28(34)35)7-18(33)20(21(23)41)24-19(4-3-17(10-32)47-24)37-12-16(40)5-6-31/h3,14-16,18-26,36-37,40-42,44-45H,4-13,31-33H2,1-2H3,(H,38,43)(H4,34,35,39)/t14-,15?,16?,18-,19+,20?,21-,22+,23-,24-,25+,26+,29-,30?/m0/s1. The van der Waals surface area contributed by atoms with E-state index in [9.17, 15) is 30.3 Å². The van der Waals surface area contributed by atoms with Crippen LogP contribution in [0.2, 0.25) is 0 Å². The van der Waals surface area contributed by atoms with Gasteiger partial charge >= 0.3 is 0 Å². The number of nitrogens with zero attached hydrogens (tertiary/aromatic N) is 1. The molecule has 2 aliphatic carbocycles. The van der Waals surface area contributed by atoms with Gasteiger partial charge in [0.15, 0.2) is 12.2 Å². The summed E-state index contributed by atoms with van der Waals surface area (Å²) in [6.45, 7) is 2.02. The highest BCUT2D eigenvalue weighted by Gasteiger charge is 2.54. The van der Waals surface area contributed by atoms with Gasteiger partial charge in [-0.3, -0.25) is 9.79 Å². The molecule has 2 saturated carbocycles. The first-order valence-corrected chi connectivity index (χ1v) is 16.7. The summed E-state index contributed by atoms with van der Waals surface area (Å²) in [6.07, 6.45) is -3.18. The van der Waals surface area contributed by atoms with Crippen LogP contribution in [0.25, 0.3) is 0 Å². The molecule has 2 unspecified atom stereocenters. The van der Waals surface area contributed by atoms with E-state index in [1.807, 2.05) is 6.08 Å². The Labute approximate surface area is 280 Å². The minimum Gasteiger partial charge on any atom is -0.492 e. The van der Waals surface area contributed by atoms with Crippen LogP contribution in [0.3, 0.4) is 0 Å². The van der Waals surface area contributed by atoms with Gasteiger partial charge in [0.05, 0.1) is 43.5 Å². The summed E-state index contributed by atoms with van der Waals surface area (Å²) in [4.78, 5) is 17.1. The van der Waals surface area contributed by atoms with Gasteiger partial charge in [0.1, 0.15) is 29.2 Å². The number of nitrogens with one attached hydrogen (secondary N) is 3. The number of guanidine groups is 1. The largest absolute Gasteiger partial charge is 0.492 e. The number of carbonyl (C=O) groups excluding carboxylic acids is 1. The fraction of sp³-hybridized carbons (Fsp3) is 0.867. The Kier molecular flexibility index (Phi) is 13.0. The number of likely N-dealkylation sites (N-methyl/N-ethyl adjacent to an activating group) is 1. The number of ether oxygens (including phenoxy) is 3. The fourth-order valence-corrected chi connectivity index (χ4v) is 7.49. The molecular weight excluding hydrogens is 630 g/mol. The van der Waals surface area contributed by atoms with Gasteiger partial charge in [-0.15, -0.1) is 0 Å². The molecule has 4 aliphatic rings. The number of nitrogens with two attached hydrogens (primary N) is 5. The molecule has 0 aromatic carbocycles. The summed E-state index contributed by atoms with van der Waals surface area (Å²) in [5.41, 5.74) is 26.1. The van der Waals surface area contributed by atoms with Gasteiger partial charge in [-0.05, 0) is 45.9 Å². The zero-order valence-electron chi connectivity index (χ0n) is 27.8. The van der Waals surface area contributed by atoms with Crippen molar-refractivity contribution < 1.29 is 44.5 Å². The Balaban J connectivity index is 1.56. The molecule has 0 spiro atoms. The number of aliphatic imine (C=N–C) groups is 1. The topological polar surface area (TPSA) is 324 Å². The number of carbonyl (C=O) groups is 1. The van der Waals surface area contributed by atoms with Crippen molar-refractivity contribution in [2.24, 2.45) is 45.5 Å². The highest BCUT2D eigenvalue weighted by molar-refractivity contribution is 5.86. The van der Waals surface area contributed by atoms with Gasteiger partial charge in [-0.1, -0.05) is 0 Å². The number of aliphatic hydroxyl groups excluding tert-OH is 3. The van der Waals surface area contributed by atoms with E-state index in [-0.39, 0.29) is 63.5 Å². The number of hydrogen-bond donors (Lipinski definition) is 13. The molecule has 18 N–H and O–H groups in total. The number of aliphatic hydroxyl groups is 5. The quantitative estimate of drug-likeness (QED) is 0.0598. The van der Waals surface area contributed by atoms with Crippen molar-refractivity contribution in [1.29, 1.82) is 0 Å². The lowest BCUT2D eigenvalue weighted by Crippen LogP contribution is -2.68. The molecule has 18 nitrogen and oxygen atoms in total. The molecule has 48 heavy (non-hydrogen) atoms. The second-order valence-electron chi connectivity index (χ2n) is 13.9. The van der Waals surface area contributed by atoms with Crippen molar-refractivity contribution in [2.75, 3.05) is 39.8 Å². The maximum atomic E-state index is 13.1. The maximum absolute atomic E-state index is 13.1. The zero-order chi connectivity index (χ0) is 35.4. The Hall–Kier alpha value is -2.20. The predicted molar refractivity (Wildman–Crippen MR) is 175 cm³/mol. The third kappa shape index (κ3) is 8.74. The van der Waals surface area contributed by atoms with Crippen LogP contribution in [0, 0.1) is 11.8 Å². The molecule has 1 amide bonds. The molecule has 0 aromatic heterocycles. The average Bonchev–Trinajstić information content (AvgIpc) is 3.00. The van der Waals surface area contributed by atoms with Gasteiger partial charge in [-0.2, -0.15) is 0 Å². The van der Waals surface area contributed by atoms with Crippen molar-refractivity contribution in [1.82, 2.24) is 16.0 Å². The highest BCUT2D eigenvalue weighted by atomic mass is 16.7. The minimum absolute atomic E-state index is 0.0291. The molecule has 0 aromatic rings. The number of rotatable bonds is 14. The normalized spacial score (nSPS) is 42.1. The molecule has 276 valence electrons. The first-order chi connectivity index (χ1) is 22.6. The van der Waals surface area contributed by atoms with E-state index in [0.29, 0.717) is 25.1 Å². The fourth-order valence-electron chi connectivity index (χ4n) is 7.49. The number of amides is 1. The Bertz CT molecular complexity index is 1140. The van der Waals surface area contributed by atoms with Crippen LogP contribution in [0.15, 0.2) is 16.8 Å². The molecule has 2 heterocycles. The zero-order valence-corrected chi connectivity index (χ0v) is 27.8. The van der Waals surface area contributed by atoms with E-state index in [0.717, 1.165) is 0 Å². The van der Waals surface area contributed by atoms with Crippen molar-refractivity contribution >= 4 is 11.9 Å². The third-order valence-electron chi connectivity index (χ3n) is 10.1. The van der Waals surface area contributed by atoms with Crippen molar-refractivity contribution in [2.45, 2.75) is 111 Å². The lowest BCUT2D eigenvalue weighted by Gasteiger charge is -2.51. The molecule has 18 heteroatoms. The van der Waals surface area contributed by atoms with Crippen LogP contribution in [-0.2, 0) is 19.0 Å². The van der Waals surface area contributed by atoms with Gasteiger partial charge < -0.3 is 84.4 Å². The predicted octanol–water partition coefficient (Wildman–Crippen LogP) is -5.67. The molecule has 3 fully saturated rings. The molecule has 2 aliphatic heterocycles. The number of hydrogen-bond acceptors (Lipinski definition) is 15. The summed E-state index contributed by atoms with van der Waals surface area (Å²) in [6, 6.07) is -2.20. The van der Waals surface area contributed by atoms with E-state index in [1.165, 1.54) is 6.92 Å². The molecule has 0 radical (unpaired) electrons. The minimum atomic E-state index is -1.67. The van der Waals surface area contributed by atoms with Crippen LogP contribution < -0.4 is 44.6 Å². The first-order valence-electron chi connectivity index (χ1n) is 16.7. The van der Waals surface area contributed by atoms with E-state index in [1.54, 1.807) is 7.05 Å². The SMILES string of the molecule is CN[C@@H]1[C@@H](O)[C@@H](O[C@H]2[C@H](CNC(=O)C3(O)CC(N=C(N)N)C3)C[C@H](N)C([C@H]3OC(CN)=CC[C@H]3NCC(O)CCN)[C@@H]2O)OC[C@]1(C)O. The van der Waals surface area contributed by atoms with Crippen LogP contribution in [-0.4, -0.2) is 149 Å². The van der Waals surface area contributed by atoms with Crippen LogP contribution in [0.4, 0.5) is 0 Å². The lowest BCUT2D eigenvalue weighted by molar-refractivity contribution is -0.301. The summed E-state index contributed by atoms with van der Waals surface area (Å²) in [7, 11) is 1.59. The molecule has 0 bridgehead atoms. The Morgan fingerprint density at radius 2 is 1.92 bits per heavy atom. The molecular formula is C30H57N9O9. The maximum Gasteiger partial charge on any atom is 0.252 e.